The van der Waals surface area contributed by atoms with E-state index in [0.717, 1.165) is 44.4 Å². The zero-order valence-electron chi connectivity index (χ0n) is 12.2. The molecule has 0 aliphatic heterocycles. The van der Waals surface area contributed by atoms with Crippen LogP contribution < -0.4 is 0 Å². The summed E-state index contributed by atoms with van der Waals surface area (Å²) in [5.41, 5.74) is 5.17. The Bertz CT molecular complexity index is 1160. The number of furan rings is 3. The molecule has 114 valence electrons. The summed E-state index contributed by atoms with van der Waals surface area (Å²) >= 11 is 0. The molecule has 1 N–H and O–H groups in total. The maximum atomic E-state index is 5.99. The zero-order chi connectivity index (χ0) is 15.7. The van der Waals surface area contributed by atoms with Gasteiger partial charge in [0.15, 0.2) is 11.4 Å². The van der Waals surface area contributed by atoms with Gasteiger partial charge in [-0.1, -0.05) is 0 Å². The molecule has 0 bridgehead atoms. The number of benzene rings is 1. The molecular weight excluding hydrogens is 306 g/mol. The van der Waals surface area contributed by atoms with Gasteiger partial charge in [0, 0.05) is 16.8 Å². The van der Waals surface area contributed by atoms with Crippen LogP contribution in [0.25, 0.3) is 55.8 Å². The molecule has 6 heteroatoms. The molecule has 24 heavy (non-hydrogen) atoms. The normalized spacial score (nSPS) is 12.2. The van der Waals surface area contributed by atoms with Crippen LogP contribution in [-0.4, -0.2) is 15.0 Å². The van der Waals surface area contributed by atoms with E-state index in [1.165, 1.54) is 0 Å². The van der Waals surface area contributed by atoms with Crippen LogP contribution in [0.4, 0.5) is 0 Å². The molecule has 0 radical (unpaired) electrons. The maximum absolute atomic E-state index is 5.99. The Morgan fingerprint density at radius 3 is 2.71 bits per heavy atom. The average Bonchev–Trinajstić information content (AvgIpc) is 3.33. The number of fused-ring (bicyclic) bond motifs is 4. The van der Waals surface area contributed by atoms with Crippen molar-refractivity contribution < 1.29 is 13.3 Å². The molecule has 5 aromatic heterocycles. The molecule has 6 rings (SSSR count). The highest BCUT2D eigenvalue weighted by molar-refractivity contribution is 5.95. The van der Waals surface area contributed by atoms with Gasteiger partial charge >= 0.3 is 0 Å². The van der Waals surface area contributed by atoms with Crippen LogP contribution >= 0.6 is 0 Å². The van der Waals surface area contributed by atoms with Crippen LogP contribution in [0.5, 0.6) is 0 Å². The highest BCUT2D eigenvalue weighted by atomic mass is 16.3. The van der Waals surface area contributed by atoms with Crippen molar-refractivity contribution >= 4 is 44.3 Å². The monoisotopic (exact) mass is 315 g/mol. The molecule has 0 aliphatic rings. The molecule has 0 saturated heterocycles. The molecule has 0 unspecified atom stereocenters. The van der Waals surface area contributed by atoms with Gasteiger partial charge in [-0.15, -0.1) is 0 Å². The van der Waals surface area contributed by atoms with Crippen molar-refractivity contribution in [3.05, 3.63) is 48.9 Å². The fourth-order valence-electron chi connectivity index (χ4n) is 3.06. The summed E-state index contributed by atoms with van der Waals surface area (Å²) in [6, 6.07) is 11.6. The van der Waals surface area contributed by atoms with Crippen molar-refractivity contribution in [2.45, 2.75) is 0 Å². The first-order valence-corrected chi connectivity index (χ1v) is 7.49. The summed E-state index contributed by atoms with van der Waals surface area (Å²) in [6.07, 6.45) is 3.26. The Morgan fingerprint density at radius 1 is 0.792 bits per heavy atom. The molecule has 6 nitrogen and oxygen atoms in total. The quantitative estimate of drug-likeness (QED) is 0.468. The van der Waals surface area contributed by atoms with Crippen molar-refractivity contribution in [2.24, 2.45) is 0 Å². The van der Waals surface area contributed by atoms with E-state index < -0.39 is 0 Å². The Morgan fingerprint density at radius 2 is 1.71 bits per heavy atom. The number of hydrogen-bond donors (Lipinski definition) is 1. The van der Waals surface area contributed by atoms with Gasteiger partial charge in [0.25, 0.3) is 0 Å². The number of rotatable bonds is 1. The molecule has 0 atom stereocenters. The van der Waals surface area contributed by atoms with Gasteiger partial charge in [0.2, 0.25) is 5.71 Å². The average molecular weight is 315 g/mol. The number of nitrogens with one attached hydrogen (secondary N) is 1. The van der Waals surface area contributed by atoms with E-state index in [1.807, 2.05) is 30.3 Å². The minimum atomic E-state index is 0.515. The predicted octanol–water partition coefficient (Wildman–Crippen LogP) is 4.86. The minimum Gasteiger partial charge on any atom is -0.464 e. The zero-order valence-corrected chi connectivity index (χ0v) is 12.2. The van der Waals surface area contributed by atoms with E-state index in [9.17, 15) is 0 Å². The molecule has 0 fully saturated rings. The fourth-order valence-corrected chi connectivity index (χ4v) is 3.06. The largest absolute Gasteiger partial charge is 0.464 e. The summed E-state index contributed by atoms with van der Waals surface area (Å²) in [5, 5.41) is 2.00. The number of H-pyrrole nitrogens is 1. The van der Waals surface area contributed by atoms with Gasteiger partial charge in [0.1, 0.15) is 22.2 Å². The lowest BCUT2D eigenvalue weighted by atomic mass is 10.2. The van der Waals surface area contributed by atoms with E-state index in [-0.39, 0.29) is 0 Å². The van der Waals surface area contributed by atoms with Crippen molar-refractivity contribution in [1.29, 1.82) is 0 Å². The van der Waals surface area contributed by atoms with Gasteiger partial charge in [0.05, 0.1) is 18.2 Å². The van der Waals surface area contributed by atoms with Crippen molar-refractivity contribution in [1.82, 2.24) is 15.0 Å². The number of aromatic amines is 1. The molecule has 0 amide bonds. The molecule has 0 aliphatic carbocycles. The number of hydrogen-bond acceptors (Lipinski definition) is 5. The third kappa shape index (κ3) is 1.54. The van der Waals surface area contributed by atoms with Crippen molar-refractivity contribution in [2.75, 3.05) is 0 Å². The van der Waals surface area contributed by atoms with Gasteiger partial charge in [-0.2, -0.15) is 4.98 Å². The summed E-state index contributed by atoms with van der Waals surface area (Å²) in [5.74, 6) is 0.731. The Kier molecular flexibility index (Phi) is 2.02. The lowest BCUT2D eigenvalue weighted by molar-refractivity contribution is 0.604. The molecule has 0 spiro atoms. The Hall–Kier alpha value is -3.54. The number of aromatic nitrogens is 3. The molecule has 5 heterocycles. The van der Waals surface area contributed by atoms with Gasteiger partial charge < -0.3 is 18.2 Å². The highest BCUT2D eigenvalue weighted by Crippen LogP contribution is 2.32. The van der Waals surface area contributed by atoms with Gasteiger partial charge in [-0.05, 0) is 30.3 Å². The second-order valence-electron chi connectivity index (χ2n) is 5.71. The number of nitrogens with zero attached hydrogens (tertiary/aromatic N) is 2. The summed E-state index contributed by atoms with van der Waals surface area (Å²) in [4.78, 5) is 12.2. The van der Waals surface area contributed by atoms with Crippen molar-refractivity contribution in [3.63, 3.8) is 0 Å². The standard InChI is InChI=1S/C18H9N3O3/c1-3-22-14-6-10-7-16(24-15(10)5-9(1)14)12-8-13-17(20-12)21-18-11(19-13)2-4-23-18/h1-8H,(H,20,21). The van der Waals surface area contributed by atoms with Crippen LogP contribution in [0, 0.1) is 0 Å². The second kappa shape index (κ2) is 4.05. The minimum absolute atomic E-state index is 0.515. The first kappa shape index (κ1) is 12.0. The third-order valence-electron chi connectivity index (χ3n) is 4.21. The molecule has 0 saturated carbocycles. The fraction of sp³-hybridized carbons (Fsp3) is 0. The summed E-state index contributed by atoms with van der Waals surface area (Å²) in [6.45, 7) is 0. The Balaban J connectivity index is 1.58. The lowest BCUT2D eigenvalue weighted by Crippen LogP contribution is -1.80. The topological polar surface area (TPSA) is 81.0 Å². The van der Waals surface area contributed by atoms with E-state index in [2.05, 4.69) is 15.0 Å². The summed E-state index contributed by atoms with van der Waals surface area (Å²) in [7, 11) is 0. The first-order chi connectivity index (χ1) is 11.8. The van der Waals surface area contributed by atoms with Gasteiger partial charge in [-0.3, -0.25) is 0 Å². The first-order valence-electron chi connectivity index (χ1n) is 7.49. The van der Waals surface area contributed by atoms with Gasteiger partial charge in [-0.25, -0.2) is 4.98 Å². The Labute approximate surface area is 133 Å². The van der Waals surface area contributed by atoms with E-state index in [1.54, 1.807) is 18.6 Å². The molecule has 6 aromatic rings. The van der Waals surface area contributed by atoms with Crippen LogP contribution in [0.1, 0.15) is 0 Å². The maximum Gasteiger partial charge on any atom is 0.247 e. The second-order valence-corrected chi connectivity index (χ2v) is 5.71. The van der Waals surface area contributed by atoms with Crippen LogP contribution in [-0.2, 0) is 0 Å². The third-order valence-corrected chi connectivity index (χ3v) is 4.21. The van der Waals surface area contributed by atoms with E-state index >= 15 is 0 Å². The smallest absolute Gasteiger partial charge is 0.247 e. The van der Waals surface area contributed by atoms with E-state index in [4.69, 9.17) is 13.3 Å². The lowest BCUT2D eigenvalue weighted by Gasteiger charge is -1.89. The van der Waals surface area contributed by atoms with Crippen LogP contribution in [0.15, 0.2) is 62.2 Å². The van der Waals surface area contributed by atoms with E-state index in [0.29, 0.717) is 11.4 Å². The SMILES string of the molecule is c1cc2cc3oc(-c4cc5nc6ccoc6nc5[nH]4)cc3cc2o1. The summed E-state index contributed by atoms with van der Waals surface area (Å²) < 4.78 is 16.7. The van der Waals surface area contributed by atoms with Crippen LogP contribution in [0.3, 0.4) is 0 Å². The predicted molar refractivity (Wildman–Crippen MR) is 88.6 cm³/mol. The van der Waals surface area contributed by atoms with Crippen molar-refractivity contribution in [3.8, 4) is 11.5 Å². The highest BCUT2D eigenvalue weighted by Gasteiger charge is 2.13. The van der Waals surface area contributed by atoms with Crippen LogP contribution in [0.2, 0.25) is 0 Å². The molecule has 1 aromatic carbocycles. The molecular formula is C18H9N3O3.